The molecular weight excluding hydrogens is 424 g/mol. The number of nitrogens with one attached hydrogen (secondary N) is 1. The lowest BCUT2D eigenvalue weighted by atomic mass is 10.1. The van der Waals surface area contributed by atoms with Gasteiger partial charge in [-0.3, -0.25) is 9.48 Å². The van der Waals surface area contributed by atoms with Crippen molar-refractivity contribution in [3.8, 4) is 5.75 Å². The van der Waals surface area contributed by atoms with E-state index in [-0.39, 0.29) is 22.8 Å². The zero-order valence-electron chi connectivity index (χ0n) is 16.9. The minimum absolute atomic E-state index is 0.113. The van der Waals surface area contributed by atoms with Crippen LogP contribution < -0.4 is 10.1 Å². The molecule has 0 spiro atoms. The molecule has 10 heteroatoms. The molecule has 2 aliphatic rings. The highest BCUT2D eigenvalue weighted by Crippen LogP contribution is 2.32. The Balaban J connectivity index is 1.69. The maximum absolute atomic E-state index is 12.0. The maximum atomic E-state index is 12.0. The molecule has 0 saturated carbocycles. The number of ether oxygens (including phenoxy) is 1. The molecule has 4 rings (SSSR count). The monoisotopic (exact) mass is 446 g/mol. The molecular formula is C20H22N4O4S2. The fourth-order valence-electron chi connectivity index (χ4n) is 3.66. The summed E-state index contributed by atoms with van der Waals surface area (Å²) in [5, 5.41) is 7.17. The van der Waals surface area contributed by atoms with Crippen LogP contribution in [0.2, 0.25) is 0 Å². The summed E-state index contributed by atoms with van der Waals surface area (Å²) in [5.41, 5.74) is 3.20. The van der Waals surface area contributed by atoms with Gasteiger partial charge in [0.15, 0.2) is 9.84 Å². The first-order valence-electron chi connectivity index (χ1n) is 9.45. The van der Waals surface area contributed by atoms with Crippen molar-refractivity contribution in [2.24, 2.45) is 4.99 Å². The number of benzene rings is 1. The number of hydrogen-bond donors (Lipinski definition) is 1. The molecule has 3 heterocycles. The van der Waals surface area contributed by atoms with Crippen molar-refractivity contribution in [2.45, 2.75) is 26.3 Å². The second-order valence-corrected chi connectivity index (χ2v) is 10.5. The summed E-state index contributed by atoms with van der Waals surface area (Å²) in [6.45, 7) is 3.80. The molecule has 2 saturated heterocycles. The number of carbonyl (C=O) groups excluding carboxylic acids is 1. The van der Waals surface area contributed by atoms with E-state index in [2.05, 4.69) is 15.4 Å². The van der Waals surface area contributed by atoms with E-state index >= 15 is 0 Å². The van der Waals surface area contributed by atoms with Gasteiger partial charge in [0, 0.05) is 17.3 Å². The number of aryl methyl sites for hydroxylation is 1. The van der Waals surface area contributed by atoms with Crippen LogP contribution >= 0.6 is 11.8 Å². The Labute approximate surface area is 179 Å². The Morgan fingerprint density at radius 1 is 1.37 bits per heavy atom. The smallest absolute Gasteiger partial charge is 0.289 e. The van der Waals surface area contributed by atoms with Gasteiger partial charge in [0.2, 0.25) is 0 Å². The molecule has 0 bridgehead atoms. The minimum atomic E-state index is -3.01. The summed E-state index contributed by atoms with van der Waals surface area (Å²) in [6, 6.07) is 7.13. The molecule has 8 nitrogen and oxygen atoms in total. The predicted octanol–water partition coefficient (Wildman–Crippen LogP) is 3.40. The highest BCUT2D eigenvalue weighted by atomic mass is 32.2. The minimum Gasteiger partial charge on any atom is -0.497 e. The van der Waals surface area contributed by atoms with Gasteiger partial charge >= 0.3 is 0 Å². The third-order valence-electron chi connectivity index (χ3n) is 5.16. The van der Waals surface area contributed by atoms with E-state index in [1.165, 1.54) is 0 Å². The molecule has 2 aliphatic heterocycles. The Kier molecular flexibility index (Phi) is 5.46. The van der Waals surface area contributed by atoms with Crippen LogP contribution in [0.25, 0.3) is 6.08 Å². The van der Waals surface area contributed by atoms with E-state index in [0.717, 1.165) is 28.7 Å². The number of rotatable bonds is 4. The maximum Gasteiger partial charge on any atom is 0.289 e. The van der Waals surface area contributed by atoms with Crippen molar-refractivity contribution in [3.05, 3.63) is 46.1 Å². The Hall–Kier alpha value is -2.59. The third-order valence-corrected chi connectivity index (χ3v) is 7.73. The summed E-state index contributed by atoms with van der Waals surface area (Å²) in [5.74, 6) is 1.45. The number of nitrogens with zero attached hydrogens (tertiary/aromatic N) is 3. The average Bonchev–Trinajstić information content (AvgIpc) is 3.32. The van der Waals surface area contributed by atoms with Crippen molar-refractivity contribution in [2.75, 3.05) is 18.6 Å². The fraction of sp³-hybridized carbons (Fsp3) is 0.350. The highest BCUT2D eigenvalue weighted by molar-refractivity contribution is 8.18. The van der Waals surface area contributed by atoms with Crippen LogP contribution in [-0.2, 0) is 9.84 Å². The first kappa shape index (κ1) is 20.7. The number of hydrogen-bond acceptors (Lipinski definition) is 7. The van der Waals surface area contributed by atoms with E-state index in [0.29, 0.717) is 28.6 Å². The van der Waals surface area contributed by atoms with Gasteiger partial charge in [0.25, 0.3) is 5.24 Å². The summed E-state index contributed by atoms with van der Waals surface area (Å²) in [6.07, 6.45) is 2.46. The molecule has 30 heavy (non-hydrogen) atoms. The number of sulfone groups is 1. The SMILES string of the molecule is COc1cccc(N=C2NC(=O)S/C2=C\c2c(C)nn([C@@H]3CCS(=O)(=O)C3)c2C)c1. The van der Waals surface area contributed by atoms with Crippen LogP contribution in [0, 0.1) is 13.8 Å². The number of amides is 1. The van der Waals surface area contributed by atoms with Crippen molar-refractivity contribution in [3.63, 3.8) is 0 Å². The molecule has 0 aliphatic carbocycles. The highest BCUT2D eigenvalue weighted by Gasteiger charge is 2.32. The van der Waals surface area contributed by atoms with Gasteiger partial charge in [-0.1, -0.05) is 6.07 Å². The van der Waals surface area contributed by atoms with Crippen LogP contribution in [0.15, 0.2) is 34.2 Å². The average molecular weight is 447 g/mol. The van der Waals surface area contributed by atoms with Gasteiger partial charge in [-0.15, -0.1) is 0 Å². The predicted molar refractivity (Wildman–Crippen MR) is 118 cm³/mol. The van der Waals surface area contributed by atoms with Gasteiger partial charge in [-0.25, -0.2) is 13.4 Å². The Morgan fingerprint density at radius 2 is 2.17 bits per heavy atom. The van der Waals surface area contributed by atoms with Gasteiger partial charge < -0.3 is 10.1 Å². The second-order valence-electron chi connectivity index (χ2n) is 7.27. The van der Waals surface area contributed by atoms with Gasteiger partial charge in [-0.2, -0.15) is 5.10 Å². The van der Waals surface area contributed by atoms with Crippen molar-refractivity contribution < 1.29 is 17.9 Å². The van der Waals surface area contributed by atoms with Gasteiger partial charge in [0.1, 0.15) is 11.6 Å². The molecule has 1 atom stereocenters. The lowest BCUT2D eigenvalue weighted by molar-refractivity contribution is 0.265. The standard InChI is InChI=1S/C20H22N4O4S2/c1-12-17(13(2)24(23-12)15-7-8-30(26,27)11-15)10-18-19(22-20(25)29-18)21-14-5-4-6-16(9-14)28-3/h4-6,9-10,15H,7-8,11H2,1-3H3,(H,21,22,25)/b18-10-/t15-/m1/s1. The molecule has 1 aromatic heterocycles. The van der Waals surface area contributed by atoms with Crippen LogP contribution in [0.1, 0.15) is 29.4 Å². The third kappa shape index (κ3) is 4.15. The topological polar surface area (TPSA) is 103 Å². The van der Waals surface area contributed by atoms with Crippen LogP contribution in [-0.4, -0.2) is 47.9 Å². The normalized spacial score (nSPS) is 23.3. The van der Waals surface area contributed by atoms with Gasteiger partial charge in [-0.05, 0) is 50.2 Å². The molecule has 158 valence electrons. The van der Waals surface area contributed by atoms with E-state index in [1.54, 1.807) is 17.9 Å². The molecule has 2 fully saturated rings. The zero-order valence-corrected chi connectivity index (χ0v) is 18.5. The first-order valence-corrected chi connectivity index (χ1v) is 12.1. The second kappa shape index (κ2) is 7.92. The number of aliphatic imine (C=N–C) groups is 1. The number of amidine groups is 1. The van der Waals surface area contributed by atoms with Gasteiger partial charge in [0.05, 0.1) is 40.9 Å². The largest absolute Gasteiger partial charge is 0.497 e. The molecule has 0 radical (unpaired) electrons. The fourth-order valence-corrected chi connectivity index (χ4v) is 6.07. The van der Waals surface area contributed by atoms with Crippen LogP contribution in [0.5, 0.6) is 5.75 Å². The number of carbonyl (C=O) groups is 1. The lowest BCUT2D eigenvalue weighted by Crippen LogP contribution is -2.18. The van der Waals surface area contributed by atoms with E-state index in [9.17, 15) is 13.2 Å². The molecule has 0 unspecified atom stereocenters. The molecule has 1 N–H and O–H groups in total. The number of aromatic nitrogens is 2. The van der Waals surface area contributed by atoms with E-state index in [1.807, 2.05) is 38.1 Å². The molecule has 1 amide bonds. The Morgan fingerprint density at radius 3 is 2.87 bits per heavy atom. The summed E-state index contributed by atoms with van der Waals surface area (Å²) in [7, 11) is -1.42. The van der Waals surface area contributed by atoms with Crippen molar-refractivity contribution >= 4 is 44.4 Å². The van der Waals surface area contributed by atoms with E-state index in [4.69, 9.17) is 4.74 Å². The zero-order chi connectivity index (χ0) is 21.5. The molecule has 1 aromatic carbocycles. The Bertz CT molecular complexity index is 1180. The summed E-state index contributed by atoms with van der Waals surface area (Å²) >= 11 is 1.07. The van der Waals surface area contributed by atoms with Crippen LogP contribution in [0.4, 0.5) is 10.5 Å². The van der Waals surface area contributed by atoms with Crippen molar-refractivity contribution in [1.29, 1.82) is 0 Å². The summed E-state index contributed by atoms with van der Waals surface area (Å²) < 4.78 is 30.8. The molecule has 2 aromatic rings. The quantitative estimate of drug-likeness (QED) is 0.772. The van der Waals surface area contributed by atoms with Crippen molar-refractivity contribution in [1.82, 2.24) is 15.1 Å². The summed E-state index contributed by atoms with van der Waals surface area (Å²) in [4.78, 5) is 17.3. The first-order chi connectivity index (χ1) is 14.3. The number of methoxy groups -OCH3 is 1. The lowest BCUT2D eigenvalue weighted by Gasteiger charge is -2.11. The van der Waals surface area contributed by atoms with E-state index < -0.39 is 9.84 Å². The van der Waals surface area contributed by atoms with Crippen LogP contribution in [0.3, 0.4) is 0 Å². The number of thioether (sulfide) groups is 1.